The average molecular weight is 362 g/mol. The van der Waals surface area contributed by atoms with E-state index in [1.165, 1.54) is 12.1 Å². The Kier molecular flexibility index (Phi) is 6.28. The molecular weight excluding hydrogens is 341 g/mol. The number of benzene rings is 1. The van der Waals surface area contributed by atoms with Crippen molar-refractivity contribution in [1.29, 1.82) is 0 Å². The largest absolute Gasteiger partial charge is 0.379 e. The predicted octanol–water partition coefficient (Wildman–Crippen LogP) is 4.40. The van der Waals surface area contributed by atoms with Crippen molar-refractivity contribution in [1.82, 2.24) is 14.5 Å². The van der Waals surface area contributed by atoms with E-state index in [-0.39, 0.29) is 5.82 Å². The molecule has 6 heteroatoms. The lowest BCUT2D eigenvalue weighted by Crippen LogP contribution is -2.26. The first kappa shape index (κ1) is 19.1. The van der Waals surface area contributed by atoms with Gasteiger partial charge in [-0.25, -0.2) is 14.4 Å². The zero-order valence-corrected chi connectivity index (χ0v) is 15.2. The van der Waals surface area contributed by atoms with Crippen LogP contribution >= 0.6 is 11.6 Å². The van der Waals surface area contributed by atoms with Crippen LogP contribution in [0.4, 0.5) is 4.39 Å². The second-order valence-electron chi connectivity index (χ2n) is 5.47. The highest BCUT2D eigenvalue weighted by molar-refractivity contribution is 6.29. The minimum absolute atomic E-state index is 0.280. The summed E-state index contributed by atoms with van der Waals surface area (Å²) >= 11 is 5.92. The minimum Gasteiger partial charge on any atom is -0.379 e. The lowest BCUT2D eigenvalue weighted by Gasteiger charge is -2.25. The maximum Gasteiger partial charge on any atom is 0.129 e. The van der Waals surface area contributed by atoms with Crippen molar-refractivity contribution in [2.45, 2.75) is 32.9 Å². The van der Waals surface area contributed by atoms with E-state index in [0.717, 1.165) is 5.56 Å². The molecule has 0 saturated heterocycles. The molecule has 4 nitrogen and oxygen atoms in total. The molecule has 2 aromatic heterocycles. The molecule has 0 amide bonds. The Bertz CT molecular complexity index is 816. The number of hydrogen-bond acceptors (Lipinski definition) is 3. The first-order chi connectivity index (χ1) is 12.0. The van der Waals surface area contributed by atoms with E-state index in [1.807, 2.05) is 18.4 Å². The molecule has 132 valence electrons. The third kappa shape index (κ3) is 4.44. The second kappa shape index (κ2) is 8.23. The van der Waals surface area contributed by atoms with Crippen LogP contribution in [-0.2, 0) is 12.1 Å². The maximum atomic E-state index is 13.0. The molecule has 0 fully saturated rings. The van der Waals surface area contributed by atoms with E-state index in [4.69, 9.17) is 11.6 Å². The maximum absolute atomic E-state index is 13.0. The number of imidazole rings is 1. The monoisotopic (exact) mass is 361 g/mol. The molecule has 25 heavy (non-hydrogen) atoms. The van der Waals surface area contributed by atoms with Gasteiger partial charge in [-0.05, 0) is 42.3 Å². The third-order valence-electron chi connectivity index (χ3n) is 3.77. The number of aliphatic hydroxyl groups is 1. The zero-order valence-electron chi connectivity index (χ0n) is 14.4. The van der Waals surface area contributed by atoms with Gasteiger partial charge >= 0.3 is 0 Å². The Morgan fingerprint density at radius 1 is 1.20 bits per heavy atom. The number of nitrogens with zero attached hydrogens (tertiary/aromatic N) is 3. The number of rotatable bonds is 4. The number of aromatic nitrogens is 3. The van der Waals surface area contributed by atoms with Gasteiger partial charge < -0.3 is 9.67 Å². The fourth-order valence-electron chi connectivity index (χ4n) is 2.49. The molecule has 1 aromatic carbocycles. The first-order valence-electron chi connectivity index (χ1n) is 8.06. The molecule has 3 aromatic rings. The van der Waals surface area contributed by atoms with Crippen molar-refractivity contribution < 1.29 is 9.50 Å². The topological polar surface area (TPSA) is 50.9 Å². The van der Waals surface area contributed by atoms with Gasteiger partial charge in [0.05, 0.1) is 18.2 Å². The number of hydrogen-bond donors (Lipinski definition) is 1. The standard InChI is InChI=1S/C17H15ClFN3O.C2H6/c1-17(23,13-6-7-21-16(18)8-13)15-9-20-11-22(15)10-12-2-4-14(19)5-3-12;1-2/h2-9,11,23H,10H2,1H3;1-2H3. The van der Waals surface area contributed by atoms with Gasteiger partial charge in [-0.2, -0.15) is 0 Å². The Labute approximate surface area is 151 Å². The van der Waals surface area contributed by atoms with Crippen molar-refractivity contribution in [3.63, 3.8) is 0 Å². The number of halogens is 2. The van der Waals surface area contributed by atoms with Crippen LogP contribution in [0.3, 0.4) is 0 Å². The Morgan fingerprint density at radius 2 is 1.88 bits per heavy atom. The minimum atomic E-state index is -1.27. The zero-order chi connectivity index (χ0) is 18.4. The molecule has 0 aliphatic heterocycles. The van der Waals surface area contributed by atoms with Crippen molar-refractivity contribution in [3.8, 4) is 0 Å². The van der Waals surface area contributed by atoms with Gasteiger partial charge in [0, 0.05) is 12.7 Å². The molecule has 1 atom stereocenters. The first-order valence-corrected chi connectivity index (χ1v) is 8.44. The number of pyridine rings is 1. The Hall–Kier alpha value is -2.24. The normalized spacial score (nSPS) is 12.9. The van der Waals surface area contributed by atoms with Crippen LogP contribution in [-0.4, -0.2) is 19.6 Å². The highest BCUT2D eigenvalue weighted by atomic mass is 35.5. The van der Waals surface area contributed by atoms with Gasteiger partial charge in [0.2, 0.25) is 0 Å². The highest BCUT2D eigenvalue weighted by Crippen LogP contribution is 2.30. The SMILES string of the molecule is CC.CC(O)(c1ccnc(Cl)c1)c1cncn1Cc1ccc(F)cc1. The van der Waals surface area contributed by atoms with E-state index in [2.05, 4.69) is 9.97 Å². The Balaban J connectivity index is 0.00000109. The summed E-state index contributed by atoms with van der Waals surface area (Å²) in [5.74, 6) is -0.280. The van der Waals surface area contributed by atoms with E-state index >= 15 is 0 Å². The molecule has 0 saturated carbocycles. The van der Waals surface area contributed by atoms with Gasteiger partial charge in [-0.15, -0.1) is 0 Å². The van der Waals surface area contributed by atoms with Crippen LogP contribution in [0.1, 0.15) is 37.6 Å². The summed E-state index contributed by atoms with van der Waals surface area (Å²) in [5, 5.41) is 11.3. The molecule has 1 unspecified atom stereocenters. The summed E-state index contributed by atoms with van der Waals surface area (Å²) in [7, 11) is 0. The van der Waals surface area contributed by atoms with E-state index in [1.54, 1.807) is 49.9 Å². The molecule has 3 rings (SSSR count). The molecular formula is C19H21ClFN3O. The lowest BCUT2D eigenvalue weighted by molar-refractivity contribution is 0.0934. The molecule has 0 aliphatic rings. The van der Waals surface area contributed by atoms with E-state index in [0.29, 0.717) is 23.0 Å². The summed E-state index contributed by atoms with van der Waals surface area (Å²) in [6.07, 6.45) is 4.79. The summed E-state index contributed by atoms with van der Waals surface area (Å²) in [6, 6.07) is 9.56. The quantitative estimate of drug-likeness (QED) is 0.701. The van der Waals surface area contributed by atoms with Crippen LogP contribution in [0.25, 0.3) is 0 Å². The van der Waals surface area contributed by atoms with Gasteiger partial charge in [0.15, 0.2) is 0 Å². The molecule has 0 spiro atoms. The van der Waals surface area contributed by atoms with Gasteiger partial charge in [-0.3, -0.25) is 0 Å². The average Bonchev–Trinajstić information content (AvgIpc) is 3.08. The van der Waals surface area contributed by atoms with Crippen molar-refractivity contribution in [3.05, 3.63) is 82.9 Å². The van der Waals surface area contributed by atoms with Crippen molar-refractivity contribution in [2.24, 2.45) is 0 Å². The fraction of sp³-hybridized carbons (Fsp3) is 0.263. The fourth-order valence-corrected chi connectivity index (χ4v) is 2.67. The third-order valence-corrected chi connectivity index (χ3v) is 3.97. The lowest BCUT2D eigenvalue weighted by atomic mass is 9.93. The summed E-state index contributed by atoms with van der Waals surface area (Å²) in [4.78, 5) is 8.06. The van der Waals surface area contributed by atoms with Crippen LogP contribution < -0.4 is 0 Å². The van der Waals surface area contributed by atoms with Crippen molar-refractivity contribution >= 4 is 11.6 Å². The Morgan fingerprint density at radius 3 is 2.52 bits per heavy atom. The van der Waals surface area contributed by atoms with Crippen molar-refractivity contribution in [2.75, 3.05) is 0 Å². The summed E-state index contributed by atoms with van der Waals surface area (Å²) < 4.78 is 14.8. The van der Waals surface area contributed by atoms with Crippen LogP contribution in [0.2, 0.25) is 5.15 Å². The van der Waals surface area contributed by atoms with Gasteiger partial charge in [0.25, 0.3) is 0 Å². The molecule has 2 heterocycles. The smallest absolute Gasteiger partial charge is 0.129 e. The van der Waals surface area contributed by atoms with Gasteiger partial charge in [-0.1, -0.05) is 37.6 Å². The predicted molar refractivity (Wildman–Crippen MR) is 97.0 cm³/mol. The van der Waals surface area contributed by atoms with Gasteiger partial charge in [0.1, 0.15) is 16.6 Å². The van der Waals surface area contributed by atoms with E-state index < -0.39 is 5.60 Å². The molecule has 1 N–H and O–H groups in total. The van der Waals surface area contributed by atoms with Crippen LogP contribution in [0, 0.1) is 5.82 Å². The molecule has 0 aliphatic carbocycles. The second-order valence-corrected chi connectivity index (χ2v) is 5.86. The van der Waals surface area contributed by atoms with E-state index in [9.17, 15) is 9.50 Å². The summed E-state index contributed by atoms with van der Waals surface area (Å²) in [6.45, 7) is 6.15. The highest BCUT2D eigenvalue weighted by Gasteiger charge is 2.29. The van der Waals surface area contributed by atoms with Crippen LogP contribution in [0.15, 0.2) is 55.1 Å². The molecule has 0 radical (unpaired) electrons. The molecule has 0 bridgehead atoms. The van der Waals surface area contributed by atoms with Crippen LogP contribution in [0.5, 0.6) is 0 Å². The summed E-state index contributed by atoms with van der Waals surface area (Å²) in [5.41, 5.74) is 0.875.